The third kappa shape index (κ3) is 5.85. The number of carbonyl (C=O) groups is 1. The first-order chi connectivity index (χ1) is 15.1. The summed E-state index contributed by atoms with van der Waals surface area (Å²) in [4.78, 5) is 25.0. The summed E-state index contributed by atoms with van der Waals surface area (Å²) in [5.74, 6) is 0.972. The smallest absolute Gasteiger partial charge is 0.229 e. The maximum absolute atomic E-state index is 13.2. The second-order valence-electron chi connectivity index (χ2n) is 7.21. The van der Waals surface area contributed by atoms with Crippen LogP contribution in [0.25, 0.3) is 10.2 Å². The number of thioether (sulfide) groups is 1. The first-order valence-electron chi connectivity index (χ1n) is 10.0. The van der Waals surface area contributed by atoms with Crippen molar-refractivity contribution in [2.24, 2.45) is 0 Å². The number of thiazole rings is 1. The van der Waals surface area contributed by atoms with E-state index in [4.69, 9.17) is 16.6 Å². The van der Waals surface area contributed by atoms with Crippen molar-refractivity contribution in [3.63, 3.8) is 0 Å². The van der Waals surface area contributed by atoms with Gasteiger partial charge in [-0.2, -0.15) is 0 Å². The summed E-state index contributed by atoms with van der Waals surface area (Å²) in [5, 5.41) is 1.37. The predicted octanol–water partition coefficient (Wildman–Crippen LogP) is 6.76. The van der Waals surface area contributed by atoms with Crippen LogP contribution in [-0.4, -0.2) is 21.6 Å². The molecule has 4 nitrogen and oxygen atoms in total. The topological polar surface area (TPSA) is 46.1 Å². The average Bonchev–Trinajstić information content (AvgIpc) is 3.19. The number of rotatable bonds is 8. The van der Waals surface area contributed by atoms with Crippen LogP contribution in [0.4, 0.5) is 5.13 Å². The van der Waals surface area contributed by atoms with Crippen molar-refractivity contribution < 1.29 is 4.79 Å². The molecule has 0 aliphatic heterocycles. The number of aromatic nitrogens is 2. The lowest BCUT2D eigenvalue weighted by Crippen LogP contribution is -2.30. The summed E-state index contributed by atoms with van der Waals surface area (Å²) >= 11 is 9.41. The first-order valence-corrected chi connectivity index (χ1v) is 12.2. The van der Waals surface area contributed by atoms with Gasteiger partial charge in [0.15, 0.2) is 5.13 Å². The Hall–Kier alpha value is -2.41. The van der Waals surface area contributed by atoms with E-state index in [-0.39, 0.29) is 5.91 Å². The van der Waals surface area contributed by atoms with E-state index in [1.807, 2.05) is 30.3 Å². The molecular weight excluding hydrogens is 446 g/mol. The van der Waals surface area contributed by atoms with E-state index in [1.54, 1.807) is 29.1 Å². The summed E-state index contributed by atoms with van der Waals surface area (Å²) in [5.41, 5.74) is 3.13. The van der Waals surface area contributed by atoms with E-state index in [1.165, 1.54) is 21.8 Å². The van der Waals surface area contributed by atoms with E-state index < -0.39 is 0 Å². The molecule has 0 saturated carbocycles. The maximum Gasteiger partial charge on any atom is 0.229 e. The van der Waals surface area contributed by atoms with Crippen molar-refractivity contribution in [2.75, 3.05) is 10.7 Å². The maximum atomic E-state index is 13.2. The van der Waals surface area contributed by atoms with Gasteiger partial charge < -0.3 is 0 Å². The van der Waals surface area contributed by atoms with Crippen LogP contribution in [0.3, 0.4) is 0 Å². The molecule has 2 aromatic heterocycles. The largest absolute Gasteiger partial charge is 0.284 e. The molecule has 0 aliphatic rings. The second kappa shape index (κ2) is 10.3. The Morgan fingerprint density at radius 1 is 1.10 bits per heavy atom. The van der Waals surface area contributed by atoms with Gasteiger partial charge in [0.1, 0.15) is 0 Å². The number of fused-ring (bicyclic) bond motifs is 1. The van der Waals surface area contributed by atoms with E-state index in [0.717, 1.165) is 28.0 Å². The number of hydrogen-bond donors (Lipinski definition) is 0. The third-order valence-electron chi connectivity index (χ3n) is 4.79. The molecule has 4 rings (SSSR count). The summed E-state index contributed by atoms with van der Waals surface area (Å²) in [6, 6.07) is 18.0. The van der Waals surface area contributed by atoms with Gasteiger partial charge in [-0.3, -0.25) is 14.7 Å². The minimum absolute atomic E-state index is 0.0754. The minimum Gasteiger partial charge on any atom is -0.284 e. The Balaban J connectivity index is 1.46. The Bertz CT molecular complexity index is 1160. The lowest BCUT2D eigenvalue weighted by atomic mass is 10.2. The molecule has 2 heterocycles. The van der Waals surface area contributed by atoms with Gasteiger partial charge in [0.05, 0.1) is 16.8 Å². The summed E-state index contributed by atoms with van der Waals surface area (Å²) in [6.45, 7) is 2.56. The number of benzene rings is 2. The molecule has 0 N–H and O–H groups in total. The SMILES string of the molecule is Cc1ccc(SCCCC(=O)N(Cc2ccncc2)c2nc3ccc(Cl)cc3s2)cc1. The molecule has 0 unspecified atom stereocenters. The standard InChI is InChI=1S/C24H22ClN3OS2/c1-17-4-7-20(8-5-17)30-14-2-3-23(29)28(16-18-10-12-26-13-11-18)24-27-21-9-6-19(25)15-22(21)31-24/h4-13,15H,2-3,14,16H2,1H3. The lowest BCUT2D eigenvalue weighted by molar-refractivity contribution is -0.118. The number of carbonyl (C=O) groups excluding carboxylic acids is 1. The number of aryl methyl sites for hydroxylation is 1. The molecule has 158 valence electrons. The quantitative estimate of drug-likeness (QED) is 0.212. The highest BCUT2D eigenvalue weighted by Crippen LogP contribution is 2.32. The molecule has 0 saturated heterocycles. The molecule has 0 bridgehead atoms. The molecule has 7 heteroatoms. The fraction of sp³-hybridized carbons (Fsp3) is 0.208. The number of amides is 1. The monoisotopic (exact) mass is 467 g/mol. The normalized spacial score (nSPS) is 11.0. The van der Waals surface area contributed by atoms with Gasteiger partial charge in [0.25, 0.3) is 0 Å². The lowest BCUT2D eigenvalue weighted by Gasteiger charge is -2.20. The van der Waals surface area contributed by atoms with Crippen molar-refractivity contribution in [3.05, 3.63) is 83.1 Å². The van der Waals surface area contributed by atoms with Crippen LogP contribution < -0.4 is 4.90 Å². The first kappa shape index (κ1) is 21.8. The predicted molar refractivity (Wildman–Crippen MR) is 131 cm³/mol. The van der Waals surface area contributed by atoms with Crippen LogP contribution in [0, 0.1) is 6.92 Å². The number of anilines is 1. The highest BCUT2D eigenvalue weighted by atomic mass is 35.5. The van der Waals surface area contributed by atoms with Gasteiger partial charge in [-0.1, -0.05) is 40.6 Å². The number of nitrogens with zero attached hydrogens (tertiary/aromatic N) is 3. The minimum atomic E-state index is 0.0754. The number of pyridine rings is 1. The number of hydrogen-bond acceptors (Lipinski definition) is 5. The molecular formula is C24H22ClN3OS2. The highest BCUT2D eigenvalue weighted by molar-refractivity contribution is 7.99. The Morgan fingerprint density at radius 3 is 2.65 bits per heavy atom. The molecule has 4 aromatic rings. The zero-order chi connectivity index (χ0) is 21.6. The van der Waals surface area contributed by atoms with E-state index >= 15 is 0 Å². The highest BCUT2D eigenvalue weighted by Gasteiger charge is 2.20. The fourth-order valence-corrected chi connectivity index (χ4v) is 5.23. The molecule has 0 atom stereocenters. The Morgan fingerprint density at radius 2 is 1.87 bits per heavy atom. The van der Waals surface area contributed by atoms with Crippen LogP contribution in [0.2, 0.25) is 5.02 Å². The van der Waals surface area contributed by atoms with Gasteiger partial charge in [-0.25, -0.2) is 4.98 Å². The van der Waals surface area contributed by atoms with Crippen molar-refractivity contribution in [3.8, 4) is 0 Å². The summed E-state index contributed by atoms with van der Waals surface area (Å²) < 4.78 is 0.977. The van der Waals surface area contributed by atoms with Crippen molar-refractivity contribution >= 4 is 56.0 Å². The van der Waals surface area contributed by atoms with Gasteiger partial charge in [0.2, 0.25) is 5.91 Å². The Kier molecular flexibility index (Phi) is 7.22. The van der Waals surface area contributed by atoms with Gasteiger partial charge >= 0.3 is 0 Å². The molecule has 2 aromatic carbocycles. The van der Waals surface area contributed by atoms with Crippen molar-refractivity contribution in [1.82, 2.24) is 9.97 Å². The van der Waals surface area contributed by atoms with Gasteiger partial charge in [0, 0.05) is 28.7 Å². The molecule has 31 heavy (non-hydrogen) atoms. The van der Waals surface area contributed by atoms with Crippen LogP contribution in [0.15, 0.2) is 71.9 Å². The Labute approximate surface area is 195 Å². The van der Waals surface area contributed by atoms with E-state index in [0.29, 0.717) is 23.1 Å². The van der Waals surface area contributed by atoms with Crippen molar-refractivity contribution in [1.29, 1.82) is 0 Å². The number of halogens is 1. The van der Waals surface area contributed by atoms with Crippen molar-refractivity contribution in [2.45, 2.75) is 31.2 Å². The molecule has 0 spiro atoms. The van der Waals surface area contributed by atoms with E-state index in [2.05, 4.69) is 36.2 Å². The molecule has 1 amide bonds. The van der Waals surface area contributed by atoms with E-state index in [9.17, 15) is 4.79 Å². The van der Waals surface area contributed by atoms with Gasteiger partial charge in [-0.05, 0) is 67.1 Å². The molecule has 0 radical (unpaired) electrons. The summed E-state index contributed by atoms with van der Waals surface area (Å²) in [7, 11) is 0. The molecule has 0 aliphatic carbocycles. The third-order valence-corrected chi connectivity index (χ3v) is 7.16. The van der Waals surface area contributed by atoms with Crippen LogP contribution in [0.5, 0.6) is 0 Å². The van der Waals surface area contributed by atoms with Crippen LogP contribution >= 0.6 is 34.7 Å². The zero-order valence-corrected chi connectivity index (χ0v) is 19.5. The fourth-order valence-electron chi connectivity index (χ4n) is 3.12. The second-order valence-corrected chi connectivity index (χ2v) is 9.82. The van der Waals surface area contributed by atoms with Gasteiger partial charge in [-0.15, -0.1) is 11.8 Å². The van der Waals surface area contributed by atoms with Crippen LogP contribution in [-0.2, 0) is 11.3 Å². The summed E-state index contributed by atoms with van der Waals surface area (Å²) in [6.07, 6.45) is 4.77. The zero-order valence-electron chi connectivity index (χ0n) is 17.1. The molecule has 0 fully saturated rings. The average molecular weight is 468 g/mol. The van der Waals surface area contributed by atoms with Crippen LogP contribution in [0.1, 0.15) is 24.0 Å².